The van der Waals surface area contributed by atoms with Gasteiger partial charge in [-0.05, 0) is 38.0 Å². The van der Waals surface area contributed by atoms with Crippen molar-refractivity contribution in [3.8, 4) is 0 Å². The molecule has 0 aromatic carbocycles. The standard InChI is InChI=1S/C15H32N4O2S.HI/c1-5-16-15(17-8-6-9-18-22(4,20)21)19-10-7-14(12-19)11-13(2)3;/h13-14,18H,5-12H2,1-4H3,(H,16,17);1H. The summed E-state index contributed by atoms with van der Waals surface area (Å²) in [7, 11) is -3.09. The maximum absolute atomic E-state index is 11.0. The van der Waals surface area contributed by atoms with Gasteiger partial charge in [-0.25, -0.2) is 13.1 Å². The van der Waals surface area contributed by atoms with Crippen molar-refractivity contribution < 1.29 is 8.42 Å². The summed E-state index contributed by atoms with van der Waals surface area (Å²) in [6.07, 6.45) is 4.40. The lowest BCUT2D eigenvalue weighted by Gasteiger charge is -2.22. The van der Waals surface area contributed by atoms with Crippen LogP contribution in [0.3, 0.4) is 0 Å². The number of nitrogens with zero attached hydrogens (tertiary/aromatic N) is 2. The van der Waals surface area contributed by atoms with Crippen LogP contribution >= 0.6 is 24.0 Å². The quantitative estimate of drug-likeness (QED) is 0.251. The Bertz CT molecular complexity index is 454. The molecule has 0 saturated carbocycles. The van der Waals surface area contributed by atoms with Gasteiger partial charge in [0.05, 0.1) is 6.26 Å². The van der Waals surface area contributed by atoms with Crippen molar-refractivity contribution in [1.82, 2.24) is 14.9 Å². The number of hydrogen-bond acceptors (Lipinski definition) is 3. The lowest BCUT2D eigenvalue weighted by molar-refractivity contribution is 0.403. The Balaban J connectivity index is 0.00000484. The Hall–Kier alpha value is -0.0900. The predicted octanol–water partition coefficient (Wildman–Crippen LogP) is 1.88. The fourth-order valence-electron chi connectivity index (χ4n) is 2.83. The third kappa shape index (κ3) is 10.4. The molecular weight excluding hydrogens is 427 g/mol. The van der Waals surface area contributed by atoms with Crippen LogP contribution in [0.5, 0.6) is 0 Å². The summed E-state index contributed by atoms with van der Waals surface area (Å²) in [5.74, 6) is 2.47. The molecule has 23 heavy (non-hydrogen) atoms. The molecule has 6 nitrogen and oxygen atoms in total. The van der Waals surface area contributed by atoms with Gasteiger partial charge in [0.2, 0.25) is 10.0 Å². The number of guanidine groups is 1. The van der Waals surface area contributed by atoms with Crippen molar-refractivity contribution in [3.63, 3.8) is 0 Å². The lowest BCUT2D eigenvalue weighted by atomic mass is 9.97. The Morgan fingerprint density at radius 2 is 2.09 bits per heavy atom. The molecular formula is C15H33IN4O2S. The maximum Gasteiger partial charge on any atom is 0.208 e. The summed E-state index contributed by atoms with van der Waals surface area (Å²) < 4.78 is 24.5. The van der Waals surface area contributed by atoms with Crippen LogP contribution in [-0.2, 0) is 10.0 Å². The molecule has 8 heteroatoms. The number of likely N-dealkylation sites (tertiary alicyclic amines) is 1. The normalized spacial score (nSPS) is 19.1. The zero-order valence-electron chi connectivity index (χ0n) is 14.8. The minimum atomic E-state index is -3.09. The van der Waals surface area contributed by atoms with Gasteiger partial charge in [-0.1, -0.05) is 13.8 Å². The number of halogens is 1. The number of nitrogens with one attached hydrogen (secondary N) is 2. The Morgan fingerprint density at radius 1 is 1.39 bits per heavy atom. The van der Waals surface area contributed by atoms with Crippen molar-refractivity contribution in [1.29, 1.82) is 0 Å². The Morgan fingerprint density at radius 3 is 2.65 bits per heavy atom. The Labute approximate surface area is 159 Å². The number of aliphatic imine (C=N–C) groups is 1. The van der Waals surface area contributed by atoms with Gasteiger partial charge in [0.25, 0.3) is 0 Å². The molecule has 1 aliphatic rings. The highest BCUT2D eigenvalue weighted by Gasteiger charge is 2.25. The summed E-state index contributed by atoms with van der Waals surface area (Å²) in [5.41, 5.74) is 0. The van der Waals surface area contributed by atoms with E-state index in [1.165, 1.54) is 19.1 Å². The van der Waals surface area contributed by atoms with Crippen LogP contribution in [0.15, 0.2) is 4.99 Å². The summed E-state index contributed by atoms with van der Waals surface area (Å²) >= 11 is 0. The van der Waals surface area contributed by atoms with E-state index in [1.54, 1.807) is 0 Å². The van der Waals surface area contributed by atoms with Gasteiger partial charge in [0.1, 0.15) is 0 Å². The molecule has 1 rings (SSSR count). The molecule has 1 unspecified atom stereocenters. The molecule has 1 atom stereocenters. The number of sulfonamides is 1. The fourth-order valence-corrected chi connectivity index (χ4v) is 3.35. The number of hydrogen-bond donors (Lipinski definition) is 2. The van der Waals surface area contributed by atoms with Crippen molar-refractivity contribution in [2.24, 2.45) is 16.8 Å². The predicted molar refractivity (Wildman–Crippen MR) is 108 cm³/mol. The first-order valence-corrected chi connectivity index (χ1v) is 10.2. The van der Waals surface area contributed by atoms with E-state index >= 15 is 0 Å². The maximum atomic E-state index is 11.0. The first kappa shape index (κ1) is 22.9. The fraction of sp³-hybridized carbons (Fsp3) is 0.933. The third-order valence-electron chi connectivity index (χ3n) is 3.69. The van der Waals surface area contributed by atoms with Crippen LogP contribution in [-0.4, -0.2) is 58.3 Å². The molecule has 0 aromatic rings. The van der Waals surface area contributed by atoms with E-state index < -0.39 is 10.0 Å². The summed E-state index contributed by atoms with van der Waals surface area (Å²) in [6, 6.07) is 0. The molecule has 1 heterocycles. The minimum Gasteiger partial charge on any atom is -0.357 e. The van der Waals surface area contributed by atoms with Crippen LogP contribution in [0.2, 0.25) is 0 Å². The average molecular weight is 460 g/mol. The van der Waals surface area contributed by atoms with Crippen LogP contribution in [0.25, 0.3) is 0 Å². The topological polar surface area (TPSA) is 73.8 Å². The molecule has 0 aliphatic carbocycles. The van der Waals surface area contributed by atoms with Gasteiger partial charge < -0.3 is 10.2 Å². The SMILES string of the molecule is CCNC(=NCCCNS(C)(=O)=O)N1CCC(CC(C)C)C1.I. The molecule has 0 radical (unpaired) electrons. The molecule has 0 amide bonds. The van der Waals surface area contributed by atoms with E-state index in [1.807, 2.05) is 0 Å². The van der Waals surface area contributed by atoms with E-state index in [2.05, 4.69) is 40.7 Å². The second kappa shape index (κ2) is 11.5. The largest absolute Gasteiger partial charge is 0.357 e. The highest BCUT2D eigenvalue weighted by atomic mass is 127. The highest BCUT2D eigenvalue weighted by molar-refractivity contribution is 14.0. The molecule has 1 fully saturated rings. The van der Waals surface area contributed by atoms with Crippen molar-refractivity contribution in [2.75, 3.05) is 39.0 Å². The van der Waals surface area contributed by atoms with E-state index in [0.717, 1.165) is 37.4 Å². The van der Waals surface area contributed by atoms with Gasteiger partial charge in [0.15, 0.2) is 5.96 Å². The van der Waals surface area contributed by atoms with Crippen LogP contribution in [0.4, 0.5) is 0 Å². The smallest absolute Gasteiger partial charge is 0.208 e. The second-order valence-electron chi connectivity index (χ2n) is 6.49. The van der Waals surface area contributed by atoms with Crippen molar-refractivity contribution in [3.05, 3.63) is 0 Å². The van der Waals surface area contributed by atoms with Crippen LogP contribution in [0, 0.1) is 11.8 Å². The summed E-state index contributed by atoms with van der Waals surface area (Å²) in [6.45, 7) is 10.7. The molecule has 0 bridgehead atoms. The molecule has 2 N–H and O–H groups in total. The first-order chi connectivity index (χ1) is 10.3. The molecule has 0 spiro atoms. The summed E-state index contributed by atoms with van der Waals surface area (Å²) in [5, 5.41) is 3.34. The lowest BCUT2D eigenvalue weighted by Crippen LogP contribution is -2.40. The van der Waals surface area contributed by atoms with Crippen LogP contribution in [0.1, 0.15) is 40.0 Å². The zero-order chi connectivity index (χ0) is 16.6. The zero-order valence-corrected chi connectivity index (χ0v) is 18.0. The molecule has 1 aliphatic heterocycles. The van der Waals surface area contributed by atoms with Gasteiger partial charge in [-0.15, -0.1) is 24.0 Å². The van der Waals surface area contributed by atoms with Crippen molar-refractivity contribution >= 4 is 40.0 Å². The average Bonchev–Trinajstić information content (AvgIpc) is 2.83. The molecule has 1 saturated heterocycles. The van der Waals surface area contributed by atoms with Gasteiger partial charge in [-0.3, -0.25) is 4.99 Å². The highest BCUT2D eigenvalue weighted by Crippen LogP contribution is 2.23. The number of rotatable bonds is 8. The molecule has 138 valence electrons. The van der Waals surface area contributed by atoms with Gasteiger partial charge in [-0.2, -0.15) is 0 Å². The Kier molecular flexibility index (Phi) is 11.4. The van der Waals surface area contributed by atoms with E-state index in [-0.39, 0.29) is 24.0 Å². The van der Waals surface area contributed by atoms with Gasteiger partial charge in [0, 0.05) is 32.7 Å². The van der Waals surface area contributed by atoms with Crippen molar-refractivity contribution in [2.45, 2.75) is 40.0 Å². The third-order valence-corrected chi connectivity index (χ3v) is 4.41. The monoisotopic (exact) mass is 460 g/mol. The molecule has 0 aromatic heterocycles. The second-order valence-corrected chi connectivity index (χ2v) is 8.32. The van der Waals surface area contributed by atoms with E-state index in [0.29, 0.717) is 19.5 Å². The van der Waals surface area contributed by atoms with Crippen LogP contribution < -0.4 is 10.0 Å². The summed E-state index contributed by atoms with van der Waals surface area (Å²) in [4.78, 5) is 6.96. The first-order valence-electron chi connectivity index (χ1n) is 8.29. The minimum absolute atomic E-state index is 0. The van der Waals surface area contributed by atoms with E-state index in [4.69, 9.17) is 0 Å². The van der Waals surface area contributed by atoms with E-state index in [9.17, 15) is 8.42 Å². The van der Waals surface area contributed by atoms with Gasteiger partial charge >= 0.3 is 0 Å².